The van der Waals surface area contributed by atoms with Crippen molar-refractivity contribution < 1.29 is 54.2 Å². The van der Waals surface area contributed by atoms with E-state index in [0.717, 1.165) is 11.0 Å². The van der Waals surface area contributed by atoms with Gasteiger partial charge in [-0.15, -0.1) is 0 Å². The summed E-state index contributed by atoms with van der Waals surface area (Å²) >= 11 is 0. The second-order valence-electron chi connectivity index (χ2n) is 9.84. The molecule has 1 atom stereocenters. The van der Waals surface area contributed by atoms with E-state index in [2.05, 4.69) is 10.1 Å². The Morgan fingerprint density at radius 2 is 1.58 bits per heavy atom. The van der Waals surface area contributed by atoms with E-state index >= 15 is 0 Å². The van der Waals surface area contributed by atoms with Crippen LogP contribution in [0.25, 0.3) is 0 Å². The number of carbonyl (C=O) groups is 1. The Morgan fingerprint density at radius 3 is 2.14 bits per heavy atom. The third-order valence-corrected chi connectivity index (χ3v) is 6.49. The second-order valence-corrected chi connectivity index (χ2v) is 9.84. The molecular weight excluding hydrogens is 595 g/mol. The van der Waals surface area contributed by atoms with E-state index in [0.29, 0.717) is 35.9 Å². The number of rotatable bonds is 11. The van der Waals surface area contributed by atoms with Crippen molar-refractivity contribution in [1.29, 1.82) is 0 Å². The number of nitrogens with one attached hydrogen (secondary N) is 1. The molecule has 0 fully saturated rings. The summed E-state index contributed by atoms with van der Waals surface area (Å²) in [6.45, 7) is 2.36. The van der Waals surface area contributed by atoms with Gasteiger partial charge in [0, 0.05) is 25.1 Å². The molecule has 0 spiro atoms. The summed E-state index contributed by atoms with van der Waals surface area (Å²) in [6.07, 6.45) is -15.1. The lowest BCUT2D eigenvalue weighted by atomic mass is 9.77. The number of halogens is 9. The van der Waals surface area contributed by atoms with Crippen molar-refractivity contribution in [2.45, 2.75) is 50.6 Å². The number of alkyl halides is 7. The van der Waals surface area contributed by atoms with Gasteiger partial charge in [-0.3, -0.25) is 0 Å². The molecule has 0 saturated heterocycles. The lowest BCUT2D eigenvalue weighted by Gasteiger charge is -2.39. The first kappa shape index (κ1) is 33.6. The Hall–Kier alpha value is -3.94. The van der Waals surface area contributed by atoms with Gasteiger partial charge in [-0.1, -0.05) is 36.4 Å². The molecule has 0 aliphatic carbocycles. The van der Waals surface area contributed by atoms with Gasteiger partial charge < -0.3 is 20.1 Å². The maximum absolute atomic E-state index is 15.0. The number of hydrogen-bond donors (Lipinski definition) is 2. The van der Waals surface area contributed by atoms with Gasteiger partial charge in [0.2, 0.25) is 0 Å². The number of nitrogens with zero attached hydrogens (tertiary/aromatic N) is 1. The largest absolute Gasteiger partial charge is 0.461 e. The molecule has 0 heterocycles. The molecule has 3 rings (SSSR count). The van der Waals surface area contributed by atoms with Crippen LogP contribution in [0.2, 0.25) is 0 Å². The SMILES string of the molecule is CC(C)N(CCO)C(=O)N[C@@](Cc1ccccc1)(c1cc(F)cc(OC(F)(F)C(F)F)c1)c1ccc(F)c(C(F)(F)F)c1. The summed E-state index contributed by atoms with van der Waals surface area (Å²) in [5.74, 6) is -4.11. The summed E-state index contributed by atoms with van der Waals surface area (Å²) in [5.41, 5.74) is -4.62. The third kappa shape index (κ3) is 7.92. The molecule has 0 radical (unpaired) electrons. The lowest BCUT2D eigenvalue weighted by molar-refractivity contribution is -0.253. The zero-order valence-electron chi connectivity index (χ0n) is 22.7. The van der Waals surface area contributed by atoms with Crippen LogP contribution < -0.4 is 10.1 Å². The minimum atomic E-state index is -5.22. The Labute approximate surface area is 240 Å². The highest BCUT2D eigenvalue weighted by atomic mass is 19.4. The normalized spacial score (nSPS) is 13.6. The van der Waals surface area contributed by atoms with E-state index in [1.165, 1.54) is 12.1 Å². The fourth-order valence-corrected chi connectivity index (χ4v) is 4.50. The van der Waals surface area contributed by atoms with Gasteiger partial charge in [-0.2, -0.15) is 30.7 Å². The zero-order chi connectivity index (χ0) is 32.2. The van der Waals surface area contributed by atoms with E-state index in [-0.39, 0.29) is 6.54 Å². The molecule has 2 amide bonds. The van der Waals surface area contributed by atoms with Crippen molar-refractivity contribution in [3.63, 3.8) is 0 Å². The van der Waals surface area contributed by atoms with E-state index in [9.17, 15) is 49.4 Å². The topological polar surface area (TPSA) is 61.8 Å². The molecule has 0 bridgehead atoms. The van der Waals surface area contributed by atoms with Gasteiger partial charge in [0.15, 0.2) is 0 Å². The van der Waals surface area contributed by atoms with Crippen molar-refractivity contribution in [1.82, 2.24) is 10.2 Å². The van der Waals surface area contributed by atoms with Crippen LogP contribution in [-0.2, 0) is 18.1 Å². The molecule has 5 nitrogen and oxygen atoms in total. The number of carbonyl (C=O) groups excluding carboxylic acids is 1. The first-order valence-electron chi connectivity index (χ1n) is 12.8. The van der Waals surface area contributed by atoms with Gasteiger partial charge >= 0.3 is 24.7 Å². The summed E-state index contributed by atoms with van der Waals surface area (Å²) in [6, 6.07) is 9.59. The smallest absolute Gasteiger partial charge is 0.428 e. The highest BCUT2D eigenvalue weighted by Crippen LogP contribution is 2.41. The van der Waals surface area contributed by atoms with Crippen LogP contribution >= 0.6 is 0 Å². The van der Waals surface area contributed by atoms with Crippen molar-refractivity contribution in [2.75, 3.05) is 13.2 Å². The van der Waals surface area contributed by atoms with Gasteiger partial charge in [0.05, 0.1) is 17.7 Å². The first-order chi connectivity index (χ1) is 20.0. The zero-order valence-corrected chi connectivity index (χ0v) is 22.7. The summed E-state index contributed by atoms with van der Waals surface area (Å²) in [4.78, 5) is 14.7. The maximum atomic E-state index is 15.0. The molecule has 43 heavy (non-hydrogen) atoms. The minimum absolute atomic E-state index is 0.250. The molecule has 0 aromatic heterocycles. The van der Waals surface area contributed by atoms with Crippen LogP contribution in [0.15, 0.2) is 66.7 Å². The minimum Gasteiger partial charge on any atom is -0.428 e. The number of urea groups is 1. The number of benzene rings is 3. The fraction of sp³-hybridized carbons (Fsp3) is 0.345. The number of amides is 2. The molecule has 3 aromatic rings. The molecule has 0 unspecified atom stereocenters. The average molecular weight is 623 g/mol. The predicted octanol–water partition coefficient (Wildman–Crippen LogP) is 7.12. The van der Waals surface area contributed by atoms with Crippen molar-refractivity contribution in [2.24, 2.45) is 0 Å². The van der Waals surface area contributed by atoms with Crippen LogP contribution in [-0.4, -0.2) is 47.8 Å². The highest BCUT2D eigenvalue weighted by Gasteiger charge is 2.45. The Balaban J connectivity index is 2.40. The number of aliphatic hydroxyl groups is 1. The van der Waals surface area contributed by atoms with Crippen LogP contribution in [0.1, 0.15) is 36.1 Å². The van der Waals surface area contributed by atoms with Gasteiger partial charge in [0.1, 0.15) is 17.4 Å². The predicted molar refractivity (Wildman–Crippen MR) is 138 cm³/mol. The van der Waals surface area contributed by atoms with Crippen LogP contribution in [0.3, 0.4) is 0 Å². The summed E-state index contributed by atoms with van der Waals surface area (Å²) < 4.78 is 128. The molecule has 0 aliphatic rings. The van der Waals surface area contributed by atoms with Gasteiger partial charge in [-0.25, -0.2) is 13.6 Å². The molecule has 14 heteroatoms. The quantitative estimate of drug-likeness (QED) is 0.224. The average Bonchev–Trinajstić information content (AvgIpc) is 2.90. The molecular formula is C29H27F9N2O3. The van der Waals surface area contributed by atoms with Gasteiger partial charge in [-0.05, 0) is 54.8 Å². The van der Waals surface area contributed by atoms with Crippen LogP contribution in [0.4, 0.5) is 44.3 Å². The van der Waals surface area contributed by atoms with E-state index < -0.39 is 83.4 Å². The molecule has 3 aromatic carbocycles. The van der Waals surface area contributed by atoms with E-state index in [1.807, 2.05) is 0 Å². The number of aliphatic hydroxyl groups excluding tert-OH is 1. The van der Waals surface area contributed by atoms with Crippen LogP contribution in [0, 0.1) is 11.6 Å². The van der Waals surface area contributed by atoms with E-state index in [4.69, 9.17) is 0 Å². The second kappa shape index (κ2) is 13.1. The molecule has 0 aliphatic heterocycles. The number of hydrogen-bond acceptors (Lipinski definition) is 3. The van der Waals surface area contributed by atoms with Crippen LogP contribution in [0.5, 0.6) is 5.75 Å². The van der Waals surface area contributed by atoms with Gasteiger partial charge in [0.25, 0.3) is 0 Å². The van der Waals surface area contributed by atoms with Crippen molar-refractivity contribution in [3.8, 4) is 5.75 Å². The Kier molecular flexibility index (Phi) is 10.3. The highest BCUT2D eigenvalue weighted by molar-refractivity contribution is 5.77. The molecule has 0 saturated carbocycles. The summed E-state index contributed by atoms with van der Waals surface area (Å²) in [7, 11) is 0. The number of ether oxygens (including phenoxy) is 1. The Bertz CT molecular complexity index is 1400. The summed E-state index contributed by atoms with van der Waals surface area (Å²) in [5, 5.41) is 12.0. The Morgan fingerprint density at radius 1 is 0.930 bits per heavy atom. The fourth-order valence-electron chi connectivity index (χ4n) is 4.50. The molecule has 2 N–H and O–H groups in total. The van der Waals surface area contributed by atoms with Crippen molar-refractivity contribution in [3.05, 3.63) is 101 Å². The first-order valence-corrected chi connectivity index (χ1v) is 12.8. The third-order valence-electron chi connectivity index (χ3n) is 6.49. The monoisotopic (exact) mass is 622 g/mol. The maximum Gasteiger partial charge on any atom is 0.461 e. The standard InChI is InChI=1S/C29H27F9N2O3/c1-17(2)40(10-11-41)26(42)39-27(16-18-6-4-3-5-7-18,19-8-9-24(31)23(14-19)28(34,35)36)20-12-21(30)15-22(13-20)43-29(37,38)25(32)33/h3-9,12-15,17,25,41H,10-11,16H2,1-2H3,(H,39,42)/t27-/m1/s1. The lowest BCUT2D eigenvalue weighted by Crippen LogP contribution is -2.55. The molecule has 234 valence electrons. The van der Waals surface area contributed by atoms with Crippen molar-refractivity contribution >= 4 is 6.03 Å². The van der Waals surface area contributed by atoms with E-state index in [1.54, 1.807) is 32.0 Å².